The van der Waals surface area contributed by atoms with E-state index in [1.807, 2.05) is 12.1 Å². The molecule has 8 aromatic rings. The number of furan rings is 1. The number of hydrogen-bond donors (Lipinski definition) is 0. The van der Waals surface area contributed by atoms with Crippen LogP contribution in [0.2, 0.25) is 0 Å². The lowest BCUT2D eigenvalue weighted by atomic mass is 9.89. The van der Waals surface area contributed by atoms with Crippen molar-refractivity contribution < 1.29 is 4.42 Å². The number of hydrogen-bond acceptors (Lipinski definition) is 2. The summed E-state index contributed by atoms with van der Waals surface area (Å²) in [6, 6.07) is 48.6. The van der Waals surface area contributed by atoms with Gasteiger partial charge >= 0.3 is 0 Å². The fraction of sp³-hybridized carbons (Fsp3) is 0.0476. The van der Waals surface area contributed by atoms with Crippen LogP contribution in [0.15, 0.2) is 162 Å². The number of benzene rings is 6. The molecule has 3 nitrogen and oxygen atoms in total. The third-order valence-corrected chi connectivity index (χ3v) is 9.71. The summed E-state index contributed by atoms with van der Waals surface area (Å²) in [4.78, 5) is 2.49. The van der Waals surface area contributed by atoms with Gasteiger partial charge in [0.05, 0.1) is 17.1 Å². The monoisotopic (exact) mass is 576 g/mol. The number of nitrogens with zero attached hydrogens (tertiary/aromatic N) is 2. The van der Waals surface area contributed by atoms with E-state index in [9.17, 15) is 0 Å². The molecule has 45 heavy (non-hydrogen) atoms. The van der Waals surface area contributed by atoms with E-state index < -0.39 is 0 Å². The van der Waals surface area contributed by atoms with E-state index in [0.29, 0.717) is 5.92 Å². The van der Waals surface area contributed by atoms with Gasteiger partial charge in [0, 0.05) is 44.5 Å². The van der Waals surface area contributed by atoms with Crippen molar-refractivity contribution in [2.24, 2.45) is 0 Å². The maximum absolute atomic E-state index is 6.14. The molecule has 0 amide bonds. The van der Waals surface area contributed by atoms with Crippen LogP contribution in [-0.2, 0) is 0 Å². The minimum absolute atomic E-state index is 0.285. The third-order valence-electron chi connectivity index (χ3n) is 9.71. The largest absolute Gasteiger partial charge is 0.456 e. The lowest BCUT2D eigenvalue weighted by Crippen LogP contribution is -2.28. The normalized spacial score (nSPS) is 17.1. The first-order chi connectivity index (χ1) is 22.3. The van der Waals surface area contributed by atoms with Crippen molar-refractivity contribution in [2.45, 2.75) is 12.0 Å². The summed E-state index contributed by atoms with van der Waals surface area (Å²) >= 11 is 0. The topological polar surface area (TPSA) is 21.3 Å². The van der Waals surface area contributed by atoms with E-state index in [-0.39, 0.29) is 6.04 Å². The van der Waals surface area contributed by atoms with Crippen LogP contribution in [0.1, 0.15) is 11.5 Å². The Labute approximate surface area is 260 Å². The molecule has 1 aliphatic carbocycles. The number of para-hydroxylation sites is 3. The summed E-state index contributed by atoms with van der Waals surface area (Å²) in [5.41, 5.74) is 11.7. The smallest absolute Gasteiger partial charge is 0.135 e. The van der Waals surface area contributed by atoms with Crippen molar-refractivity contribution in [3.63, 3.8) is 0 Å². The summed E-state index contributed by atoms with van der Waals surface area (Å²) in [6.45, 7) is 0. The van der Waals surface area contributed by atoms with E-state index in [4.69, 9.17) is 4.42 Å². The Kier molecular flexibility index (Phi) is 5.11. The van der Waals surface area contributed by atoms with E-state index in [1.165, 1.54) is 49.9 Å². The number of aromatic nitrogens is 1. The maximum Gasteiger partial charge on any atom is 0.135 e. The molecular formula is C42H28N2O. The van der Waals surface area contributed by atoms with Gasteiger partial charge in [0.1, 0.15) is 11.2 Å². The van der Waals surface area contributed by atoms with Gasteiger partial charge < -0.3 is 13.9 Å². The predicted octanol–water partition coefficient (Wildman–Crippen LogP) is 11.1. The average molecular weight is 577 g/mol. The summed E-state index contributed by atoms with van der Waals surface area (Å²) in [6.07, 6.45) is 9.06. The lowest BCUT2D eigenvalue weighted by Gasteiger charge is -2.28. The zero-order valence-corrected chi connectivity index (χ0v) is 24.5. The first kappa shape index (κ1) is 24.6. The van der Waals surface area contributed by atoms with Crippen LogP contribution in [0, 0.1) is 0 Å². The molecule has 0 radical (unpaired) electrons. The Hall–Kier alpha value is -5.80. The van der Waals surface area contributed by atoms with Crippen LogP contribution in [0.25, 0.3) is 60.6 Å². The molecule has 10 rings (SSSR count). The summed E-state index contributed by atoms with van der Waals surface area (Å²) in [5.74, 6) is 0.324. The Morgan fingerprint density at radius 2 is 1.22 bits per heavy atom. The number of fused-ring (bicyclic) bond motifs is 9. The van der Waals surface area contributed by atoms with E-state index in [2.05, 4.69) is 155 Å². The standard InChI is InChI=1S/C42H28N2O/c1-2-10-29(11-3-1)43-37-15-7-4-12-31(37)34-24-27(18-21-39(34)43)28-19-22-40-35(25-28)32-13-5-8-16-38(32)44(40)30-20-23-42-36(26-30)33-14-6-9-17-41(33)45-42/h1-26,31,37H. The van der Waals surface area contributed by atoms with Crippen LogP contribution < -0.4 is 4.90 Å². The highest BCUT2D eigenvalue weighted by Crippen LogP contribution is 2.49. The minimum atomic E-state index is 0.285. The van der Waals surface area contributed by atoms with Gasteiger partial charge in [-0.2, -0.15) is 0 Å². The third kappa shape index (κ3) is 3.58. The first-order valence-electron chi connectivity index (χ1n) is 15.6. The molecule has 2 unspecified atom stereocenters. The Balaban J connectivity index is 1.13. The number of rotatable bonds is 3. The highest BCUT2D eigenvalue weighted by Gasteiger charge is 2.37. The van der Waals surface area contributed by atoms with E-state index in [0.717, 1.165) is 27.6 Å². The summed E-state index contributed by atoms with van der Waals surface area (Å²) in [7, 11) is 0. The van der Waals surface area contributed by atoms with Crippen molar-refractivity contribution in [3.8, 4) is 16.8 Å². The lowest BCUT2D eigenvalue weighted by molar-refractivity contribution is 0.669. The number of allylic oxidation sites excluding steroid dienone is 2. The molecule has 212 valence electrons. The van der Waals surface area contributed by atoms with Crippen LogP contribution in [0.5, 0.6) is 0 Å². The summed E-state index contributed by atoms with van der Waals surface area (Å²) < 4.78 is 8.53. The number of anilines is 2. The molecule has 0 spiro atoms. The van der Waals surface area contributed by atoms with Crippen molar-refractivity contribution in [2.75, 3.05) is 4.90 Å². The second kappa shape index (κ2) is 9.35. The molecule has 6 aromatic carbocycles. The molecule has 3 heterocycles. The SMILES string of the molecule is C1=CC2c3cc(-c4ccc5c(c4)c4ccccc4n5-c4ccc5oc6ccccc6c5c4)ccc3N(c3ccccc3)C2C=C1. The molecule has 3 heteroatoms. The van der Waals surface area contributed by atoms with Crippen molar-refractivity contribution >= 4 is 55.1 Å². The predicted molar refractivity (Wildman–Crippen MR) is 187 cm³/mol. The van der Waals surface area contributed by atoms with Crippen molar-refractivity contribution in [3.05, 3.63) is 163 Å². The van der Waals surface area contributed by atoms with Gasteiger partial charge in [0.25, 0.3) is 0 Å². The van der Waals surface area contributed by atoms with Crippen molar-refractivity contribution in [1.82, 2.24) is 4.57 Å². The second-order valence-electron chi connectivity index (χ2n) is 12.1. The fourth-order valence-electron chi connectivity index (χ4n) is 7.69. The van der Waals surface area contributed by atoms with E-state index >= 15 is 0 Å². The maximum atomic E-state index is 6.14. The zero-order valence-electron chi connectivity index (χ0n) is 24.5. The first-order valence-corrected chi connectivity index (χ1v) is 15.6. The highest BCUT2D eigenvalue weighted by atomic mass is 16.3. The molecule has 0 N–H and O–H groups in total. The van der Waals surface area contributed by atoms with Crippen molar-refractivity contribution in [1.29, 1.82) is 0 Å². The average Bonchev–Trinajstić information content (AvgIpc) is 3.75. The molecular weight excluding hydrogens is 548 g/mol. The van der Waals surface area contributed by atoms with Crippen LogP contribution in [-0.4, -0.2) is 10.6 Å². The molecule has 0 bridgehead atoms. The Bertz CT molecular complexity index is 2510. The molecule has 2 atom stereocenters. The van der Waals surface area contributed by atoms with Crippen LogP contribution >= 0.6 is 0 Å². The van der Waals surface area contributed by atoms with Gasteiger partial charge in [-0.3, -0.25) is 0 Å². The molecule has 0 fully saturated rings. The molecule has 2 aliphatic rings. The fourth-order valence-corrected chi connectivity index (χ4v) is 7.69. The summed E-state index contributed by atoms with van der Waals surface area (Å²) in [5, 5.41) is 4.79. The quantitative estimate of drug-likeness (QED) is 0.209. The minimum Gasteiger partial charge on any atom is -0.456 e. The van der Waals surface area contributed by atoms with E-state index in [1.54, 1.807) is 0 Å². The second-order valence-corrected chi connectivity index (χ2v) is 12.1. The molecule has 0 saturated carbocycles. The Morgan fingerprint density at radius 1 is 0.489 bits per heavy atom. The van der Waals surface area contributed by atoms with Gasteiger partial charge in [-0.1, -0.05) is 91.0 Å². The molecule has 0 saturated heterocycles. The molecule has 2 aromatic heterocycles. The van der Waals surface area contributed by atoms with Gasteiger partial charge in [-0.25, -0.2) is 0 Å². The van der Waals surface area contributed by atoms with Crippen LogP contribution in [0.3, 0.4) is 0 Å². The van der Waals surface area contributed by atoms with Gasteiger partial charge in [0.15, 0.2) is 0 Å². The zero-order chi connectivity index (χ0) is 29.5. The molecule has 1 aliphatic heterocycles. The Morgan fingerprint density at radius 3 is 2.16 bits per heavy atom. The highest BCUT2D eigenvalue weighted by molar-refractivity contribution is 6.11. The van der Waals surface area contributed by atoms with Gasteiger partial charge in [-0.05, 0) is 83.4 Å². The van der Waals surface area contributed by atoms with Crippen LogP contribution in [0.4, 0.5) is 11.4 Å². The van der Waals surface area contributed by atoms with Gasteiger partial charge in [0.2, 0.25) is 0 Å². The van der Waals surface area contributed by atoms with Gasteiger partial charge in [-0.15, -0.1) is 0 Å².